The Morgan fingerprint density at radius 3 is 2.38 bits per heavy atom. The Balaban J connectivity index is 4.37. The Morgan fingerprint density at radius 1 is 1.38 bits per heavy atom. The fraction of sp³-hybridized carbons (Fsp3) is 0.444. The molecule has 0 saturated carbocycles. The average molecular weight is 186 g/mol. The molecule has 0 aromatic heterocycles. The molecule has 13 heavy (non-hydrogen) atoms. The normalized spacial score (nSPS) is 10.8. The molecule has 4 nitrogen and oxygen atoms in total. The Kier molecular flexibility index (Phi) is 5.63. The van der Waals surface area contributed by atoms with Crippen LogP contribution in [0.2, 0.25) is 0 Å². The topological polar surface area (TPSA) is 55.8 Å². The number of rotatable bonds is 5. The SMILES string of the molecule is COCO/C(C=C(C)C)=C/C(=O)O. The third kappa shape index (κ3) is 7.08. The highest BCUT2D eigenvalue weighted by Gasteiger charge is 1.97. The lowest BCUT2D eigenvalue weighted by Crippen LogP contribution is -1.99. The number of aliphatic carboxylic acids is 1. The van der Waals surface area contributed by atoms with Gasteiger partial charge in [-0.3, -0.25) is 0 Å². The molecule has 4 heteroatoms. The van der Waals surface area contributed by atoms with E-state index in [4.69, 9.17) is 9.84 Å². The molecule has 0 amide bonds. The second-order valence-electron chi connectivity index (χ2n) is 2.66. The van der Waals surface area contributed by atoms with Gasteiger partial charge in [-0.15, -0.1) is 0 Å². The van der Waals surface area contributed by atoms with E-state index < -0.39 is 5.97 Å². The smallest absolute Gasteiger partial charge is 0.332 e. The molecule has 0 aliphatic carbocycles. The highest BCUT2D eigenvalue weighted by Crippen LogP contribution is 2.03. The first kappa shape index (κ1) is 11.7. The van der Waals surface area contributed by atoms with Gasteiger partial charge in [0.25, 0.3) is 0 Å². The summed E-state index contributed by atoms with van der Waals surface area (Å²) < 4.78 is 9.64. The zero-order chi connectivity index (χ0) is 10.3. The Morgan fingerprint density at radius 2 is 2.00 bits per heavy atom. The van der Waals surface area contributed by atoms with Gasteiger partial charge in [0.05, 0.1) is 6.08 Å². The lowest BCUT2D eigenvalue weighted by Gasteiger charge is -2.04. The monoisotopic (exact) mass is 186 g/mol. The summed E-state index contributed by atoms with van der Waals surface area (Å²) in [5.41, 5.74) is 0.962. The van der Waals surface area contributed by atoms with E-state index in [-0.39, 0.29) is 12.6 Å². The van der Waals surface area contributed by atoms with Gasteiger partial charge in [0.2, 0.25) is 0 Å². The van der Waals surface area contributed by atoms with Crippen LogP contribution in [0.25, 0.3) is 0 Å². The largest absolute Gasteiger partial charge is 0.478 e. The predicted octanol–water partition coefficient (Wildman–Crippen LogP) is 1.54. The molecule has 0 saturated heterocycles. The molecule has 0 rings (SSSR count). The van der Waals surface area contributed by atoms with Crippen molar-refractivity contribution >= 4 is 5.97 Å². The van der Waals surface area contributed by atoms with Crippen molar-refractivity contribution in [3.05, 3.63) is 23.5 Å². The Labute approximate surface area is 77.5 Å². The molecule has 1 N–H and O–H groups in total. The van der Waals surface area contributed by atoms with Crippen molar-refractivity contribution in [1.82, 2.24) is 0 Å². The van der Waals surface area contributed by atoms with Crippen LogP contribution < -0.4 is 0 Å². The van der Waals surface area contributed by atoms with Crippen LogP contribution in [0.4, 0.5) is 0 Å². The number of hydrogen-bond acceptors (Lipinski definition) is 3. The van der Waals surface area contributed by atoms with Crippen molar-refractivity contribution in [3.8, 4) is 0 Å². The lowest BCUT2D eigenvalue weighted by atomic mass is 10.3. The van der Waals surface area contributed by atoms with Crippen LogP contribution in [0.1, 0.15) is 13.8 Å². The van der Waals surface area contributed by atoms with Crippen molar-refractivity contribution < 1.29 is 19.4 Å². The van der Waals surface area contributed by atoms with E-state index in [1.54, 1.807) is 6.08 Å². The maximum Gasteiger partial charge on any atom is 0.332 e. The van der Waals surface area contributed by atoms with Crippen molar-refractivity contribution in [2.45, 2.75) is 13.8 Å². The highest BCUT2D eigenvalue weighted by atomic mass is 16.7. The lowest BCUT2D eigenvalue weighted by molar-refractivity contribution is -0.131. The summed E-state index contributed by atoms with van der Waals surface area (Å²) >= 11 is 0. The molecular weight excluding hydrogens is 172 g/mol. The minimum atomic E-state index is -1.04. The number of methoxy groups -OCH3 is 1. The van der Waals surface area contributed by atoms with Crippen molar-refractivity contribution in [1.29, 1.82) is 0 Å². The van der Waals surface area contributed by atoms with Crippen molar-refractivity contribution in [2.24, 2.45) is 0 Å². The van der Waals surface area contributed by atoms with Crippen LogP contribution in [0.5, 0.6) is 0 Å². The van der Waals surface area contributed by atoms with E-state index in [0.29, 0.717) is 0 Å². The average Bonchev–Trinajstić information content (AvgIpc) is 1.98. The van der Waals surface area contributed by atoms with E-state index in [0.717, 1.165) is 11.6 Å². The summed E-state index contributed by atoms with van der Waals surface area (Å²) in [6.45, 7) is 3.75. The van der Waals surface area contributed by atoms with Gasteiger partial charge < -0.3 is 14.6 Å². The van der Waals surface area contributed by atoms with Crippen LogP contribution in [0.3, 0.4) is 0 Å². The van der Waals surface area contributed by atoms with Crippen molar-refractivity contribution in [3.63, 3.8) is 0 Å². The summed E-state index contributed by atoms with van der Waals surface area (Å²) in [5.74, 6) is -0.752. The minimum absolute atomic E-state index is 0.0445. The minimum Gasteiger partial charge on any atom is -0.478 e. The van der Waals surface area contributed by atoms with Gasteiger partial charge in [0.15, 0.2) is 6.79 Å². The Hall–Kier alpha value is -1.29. The fourth-order valence-electron chi connectivity index (χ4n) is 0.658. The summed E-state index contributed by atoms with van der Waals surface area (Å²) in [6, 6.07) is 0. The number of allylic oxidation sites excluding steroid dienone is 2. The number of carboxylic acid groups (broad SMARTS) is 1. The quantitative estimate of drug-likeness (QED) is 0.306. The first-order valence-electron chi connectivity index (χ1n) is 3.77. The Bertz CT molecular complexity index is 224. The summed E-state index contributed by atoms with van der Waals surface area (Å²) in [7, 11) is 1.47. The number of ether oxygens (including phenoxy) is 2. The second-order valence-corrected chi connectivity index (χ2v) is 2.66. The van der Waals surface area contributed by atoms with Crippen LogP contribution in [-0.4, -0.2) is 25.0 Å². The molecule has 0 heterocycles. The van der Waals surface area contributed by atoms with E-state index in [1.165, 1.54) is 7.11 Å². The first-order valence-corrected chi connectivity index (χ1v) is 3.77. The molecule has 0 bridgehead atoms. The van der Waals surface area contributed by atoms with Crippen LogP contribution in [0.15, 0.2) is 23.5 Å². The first-order chi connectivity index (χ1) is 6.06. The maximum atomic E-state index is 10.3. The maximum absolute atomic E-state index is 10.3. The third-order valence-electron chi connectivity index (χ3n) is 1.04. The number of hydrogen-bond donors (Lipinski definition) is 1. The van der Waals surface area contributed by atoms with E-state index in [9.17, 15) is 4.79 Å². The van der Waals surface area contributed by atoms with Gasteiger partial charge in [-0.1, -0.05) is 5.57 Å². The summed E-state index contributed by atoms with van der Waals surface area (Å²) in [5, 5.41) is 8.47. The van der Waals surface area contributed by atoms with Crippen LogP contribution in [-0.2, 0) is 14.3 Å². The molecule has 0 radical (unpaired) electrons. The van der Waals surface area contributed by atoms with Gasteiger partial charge in [0, 0.05) is 7.11 Å². The second kappa shape index (κ2) is 6.25. The molecule has 0 spiro atoms. The predicted molar refractivity (Wildman–Crippen MR) is 48.1 cm³/mol. The standard InChI is InChI=1S/C9H14O4/c1-7(2)4-8(5-9(10)11)13-6-12-3/h4-5H,6H2,1-3H3,(H,10,11)/b8-5+. The fourth-order valence-corrected chi connectivity index (χ4v) is 0.658. The molecule has 0 unspecified atom stereocenters. The molecule has 0 aliphatic rings. The van der Waals surface area contributed by atoms with Gasteiger partial charge in [-0.2, -0.15) is 0 Å². The van der Waals surface area contributed by atoms with Crippen molar-refractivity contribution in [2.75, 3.05) is 13.9 Å². The van der Waals surface area contributed by atoms with Gasteiger partial charge >= 0.3 is 5.97 Å². The van der Waals surface area contributed by atoms with E-state index in [2.05, 4.69) is 4.74 Å². The van der Waals surface area contributed by atoms with Gasteiger partial charge in [0.1, 0.15) is 5.76 Å². The number of carbonyl (C=O) groups is 1. The van der Waals surface area contributed by atoms with Crippen LogP contribution in [0, 0.1) is 0 Å². The highest BCUT2D eigenvalue weighted by molar-refractivity contribution is 5.80. The third-order valence-corrected chi connectivity index (χ3v) is 1.04. The molecule has 0 atom stereocenters. The zero-order valence-electron chi connectivity index (χ0n) is 8.03. The molecule has 0 fully saturated rings. The van der Waals surface area contributed by atoms with E-state index >= 15 is 0 Å². The summed E-state index contributed by atoms with van der Waals surface area (Å²) in [4.78, 5) is 10.3. The molecule has 0 aromatic carbocycles. The number of carboxylic acids is 1. The van der Waals surface area contributed by atoms with Crippen LogP contribution >= 0.6 is 0 Å². The molecular formula is C9H14O4. The summed E-state index contributed by atoms with van der Waals surface area (Å²) in [6.07, 6.45) is 2.62. The molecule has 74 valence electrons. The van der Waals surface area contributed by atoms with E-state index in [1.807, 2.05) is 13.8 Å². The zero-order valence-corrected chi connectivity index (χ0v) is 8.03. The van der Waals surface area contributed by atoms with Gasteiger partial charge in [-0.25, -0.2) is 4.79 Å². The molecule has 0 aliphatic heterocycles. The molecule has 0 aromatic rings. The van der Waals surface area contributed by atoms with Gasteiger partial charge in [-0.05, 0) is 19.9 Å².